The summed E-state index contributed by atoms with van der Waals surface area (Å²) in [4.78, 5) is 6.65. The summed E-state index contributed by atoms with van der Waals surface area (Å²) >= 11 is 0. The van der Waals surface area contributed by atoms with Gasteiger partial charge in [0.25, 0.3) is 0 Å². The minimum absolute atomic E-state index is 0. The Hall–Kier alpha value is -1.64. The van der Waals surface area contributed by atoms with Crippen LogP contribution < -0.4 is 5.32 Å². The Labute approximate surface area is 163 Å². The van der Waals surface area contributed by atoms with Crippen molar-refractivity contribution >= 4 is 29.9 Å². The molecule has 0 amide bonds. The molecule has 0 radical (unpaired) electrons. The molecule has 0 aliphatic carbocycles. The van der Waals surface area contributed by atoms with Crippen LogP contribution in [0.15, 0.2) is 39.9 Å². The van der Waals surface area contributed by atoms with Crippen LogP contribution in [0.4, 0.5) is 8.78 Å². The molecule has 0 atom stereocenters. The minimum Gasteiger partial charge on any atom is -0.469 e. The third-order valence-corrected chi connectivity index (χ3v) is 4.08. The Kier molecular flexibility index (Phi) is 7.22. The number of hydrogen-bond acceptors (Lipinski definition) is 2. The molecule has 25 heavy (non-hydrogen) atoms. The molecule has 1 aliphatic rings. The van der Waals surface area contributed by atoms with Crippen molar-refractivity contribution in [3.8, 4) is 0 Å². The van der Waals surface area contributed by atoms with Gasteiger partial charge in [0.1, 0.15) is 17.4 Å². The lowest BCUT2D eigenvalue weighted by Gasteiger charge is -2.32. The van der Waals surface area contributed by atoms with E-state index < -0.39 is 11.6 Å². The standard InChI is InChI=1S/C18H21F2N3O.HI/c1-2-21-18(22-7-5-15-4-3-9-24-15)23-8-6-16-13(12-23)10-14(19)11-17(16)20;/h3-4,9-11H,2,5-8,12H2,1H3,(H,21,22);1H. The van der Waals surface area contributed by atoms with E-state index in [1.54, 1.807) is 6.26 Å². The Morgan fingerprint density at radius 1 is 1.36 bits per heavy atom. The van der Waals surface area contributed by atoms with E-state index in [0.29, 0.717) is 37.2 Å². The fourth-order valence-corrected chi connectivity index (χ4v) is 2.94. The number of benzene rings is 1. The van der Waals surface area contributed by atoms with Crippen LogP contribution in [0.2, 0.25) is 0 Å². The molecular weight excluding hydrogens is 439 g/mol. The molecule has 0 spiro atoms. The molecule has 1 N–H and O–H groups in total. The first-order chi connectivity index (χ1) is 11.7. The first-order valence-electron chi connectivity index (χ1n) is 8.20. The van der Waals surface area contributed by atoms with Gasteiger partial charge in [-0.3, -0.25) is 4.99 Å². The maximum absolute atomic E-state index is 13.9. The van der Waals surface area contributed by atoms with E-state index in [4.69, 9.17) is 4.42 Å². The average molecular weight is 461 g/mol. The number of halogens is 3. The molecular formula is C18H22F2IN3O. The van der Waals surface area contributed by atoms with Gasteiger partial charge < -0.3 is 14.6 Å². The average Bonchev–Trinajstić information content (AvgIpc) is 3.06. The number of hydrogen-bond donors (Lipinski definition) is 1. The highest BCUT2D eigenvalue weighted by Gasteiger charge is 2.22. The third-order valence-electron chi connectivity index (χ3n) is 4.08. The molecule has 2 heterocycles. The normalized spacial score (nSPS) is 14.0. The van der Waals surface area contributed by atoms with Gasteiger partial charge in [-0.1, -0.05) is 0 Å². The molecule has 1 aromatic heterocycles. The van der Waals surface area contributed by atoms with Gasteiger partial charge in [0, 0.05) is 38.7 Å². The molecule has 136 valence electrons. The smallest absolute Gasteiger partial charge is 0.194 e. The van der Waals surface area contributed by atoms with Gasteiger partial charge in [-0.05, 0) is 42.7 Å². The highest BCUT2D eigenvalue weighted by Crippen LogP contribution is 2.23. The molecule has 0 fully saturated rings. The van der Waals surface area contributed by atoms with E-state index in [0.717, 1.165) is 30.8 Å². The first kappa shape index (κ1) is 19.7. The van der Waals surface area contributed by atoms with E-state index in [-0.39, 0.29) is 24.0 Å². The van der Waals surface area contributed by atoms with E-state index in [1.165, 1.54) is 6.07 Å². The fraction of sp³-hybridized carbons (Fsp3) is 0.389. The summed E-state index contributed by atoms with van der Waals surface area (Å²) in [5.74, 6) is 0.666. The lowest BCUT2D eigenvalue weighted by Crippen LogP contribution is -2.44. The summed E-state index contributed by atoms with van der Waals surface area (Å²) in [6.45, 7) is 4.44. The van der Waals surface area contributed by atoms with Crippen LogP contribution in [0, 0.1) is 11.6 Å². The molecule has 1 aliphatic heterocycles. The van der Waals surface area contributed by atoms with E-state index in [2.05, 4.69) is 10.3 Å². The maximum Gasteiger partial charge on any atom is 0.194 e. The monoisotopic (exact) mass is 461 g/mol. The fourth-order valence-electron chi connectivity index (χ4n) is 2.94. The number of rotatable bonds is 4. The summed E-state index contributed by atoms with van der Waals surface area (Å²) in [5.41, 5.74) is 1.30. The number of aliphatic imine (C=N–C) groups is 1. The van der Waals surface area contributed by atoms with Gasteiger partial charge >= 0.3 is 0 Å². The zero-order valence-electron chi connectivity index (χ0n) is 14.1. The van der Waals surface area contributed by atoms with Gasteiger partial charge in [0.15, 0.2) is 5.96 Å². The molecule has 4 nitrogen and oxygen atoms in total. The predicted octanol–water partition coefficient (Wildman–Crippen LogP) is 3.74. The molecule has 3 rings (SSSR count). The van der Waals surface area contributed by atoms with E-state index >= 15 is 0 Å². The van der Waals surface area contributed by atoms with Gasteiger partial charge in [-0.25, -0.2) is 8.78 Å². The maximum atomic E-state index is 13.9. The van der Waals surface area contributed by atoms with Crippen molar-refractivity contribution in [2.75, 3.05) is 19.6 Å². The minimum atomic E-state index is -0.534. The lowest BCUT2D eigenvalue weighted by molar-refractivity contribution is 0.370. The van der Waals surface area contributed by atoms with Crippen LogP contribution in [0.3, 0.4) is 0 Å². The zero-order valence-corrected chi connectivity index (χ0v) is 16.4. The molecule has 0 saturated heterocycles. The van der Waals surface area contributed by atoms with Gasteiger partial charge in [-0.15, -0.1) is 24.0 Å². The second-order valence-electron chi connectivity index (χ2n) is 5.76. The van der Waals surface area contributed by atoms with E-state index in [1.807, 2.05) is 24.0 Å². The zero-order chi connectivity index (χ0) is 16.9. The Balaban J connectivity index is 0.00000225. The van der Waals surface area contributed by atoms with Gasteiger partial charge in [0.2, 0.25) is 0 Å². The summed E-state index contributed by atoms with van der Waals surface area (Å²) in [6.07, 6.45) is 2.91. The van der Waals surface area contributed by atoms with Crippen molar-refractivity contribution in [1.82, 2.24) is 10.2 Å². The summed E-state index contributed by atoms with van der Waals surface area (Å²) < 4.78 is 32.6. The molecule has 0 bridgehead atoms. The van der Waals surface area contributed by atoms with Crippen molar-refractivity contribution in [1.29, 1.82) is 0 Å². The topological polar surface area (TPSA) is 40.8 Å². The quantitative estimate of drug-likeness (QED) is 0.429. The predicted molar refractivity (Wildman–Crippen MR) is 104 cm³/mol. The molecule has 1 aromatic carbocycles. The molecule has 0 saturated carbocycles. The number of furan rings is 1. The second kappa shape index (κ2) is 9.17. The van der Waals surface area contributed by atoms with Crippen LogP contribution >= 0.6 is 24.0 Å². The van der Waals surface area contributed by atoms with Gasteiger partial charge in [0.05, 0.1) is 6.26 Å². The van der Waals surface area contributed by atoms with Crippen LogP contribution in [-0.2, 0) is 19.4 Å². The van der Waals surface area contributed by atoms with Crippen LogP contribution in [0.25, 0.3) is 0 Å². The SMILES string of the molecule is CCNC(=NCCc1ccco1)N1CCc2c(F)cc(F)cc2C1.I. The Morgan fingerprint density at radius 3 is 2.92 bits per heavy atom. The number of fused-ring (bicyclic) bond motifs is 1. The van der Waals surface area contributed by atoms with Crippen molar-refractivity contribution in [3.63, 3.8) is 0 Å². The molecule has 7 heteroatoms. The van der Waals surface area contributed by atoms with Crippen LogP contribution in [0.1, 0.15) is 23.8 Å². The van der Waals surface area contributed by atoms with Crippen molar-refractivity contribution in [2.45, 2.75) is 26.3 Å². The summed E-state index contributed by atoms with van der Waals surface area (Å²) in [6, 6.07) is 6.15. The van der Waals surface area contributed by atoms with E-state index in [9.17, 15) is 8.78 Å². The first-order valence-corrected chi connectivity index (χ1v) is 8.20. The third kappa shape index (κ3) is 4.93. The van der Waals surface area contributed by atoms with Crippen LogP contribution in [-0.4, -0.2) is 30.5 Å². The summed E-state index contributed by atoms with van der Waals surface area (Å²) in [7, 11) is 0. The largest absolute Gasteiger partial charge is 0.469 e. The second-order valence-corrected chi connectivity index (χ2v) is 5.76. The molecule has 0 unspecified atom stereocenters. The Bertz CT molecular complexity index is 719. The highest BCUT2D eigenvalue weighted by molar-refractivity contribution is 14.0. The van der Waals surface area contributed by atoms with Gasteiger partial charge in [-0.2, -0.15) is 0 Å². The molecule has 2 aromatic rings. The number of nitrogens with one attached hydrogen (secondary N) is 1. The van der Waals surface area contributed by atoms with Crippen molar-refractivity contribution in [2.24, 2.45) is 4.99 Å². The van der Waals surface area contributed by atoms with Crippen molar-refractivity contribution < 1.29 is 13.2 Å². The Morgan fingerprint density at radius 2 is 2.20 bits per heavy atom. The van der Waals surface area contributed by atoms with Crippen LogP contribution in [0.5, 0.6) is 0 Å². The lowest BCUT2D eigenvalue weighted by atomic mass is 9.99. The summed E-state index contributed by atoms with van der Waals surface area (Å²) in [5, 5.41) is 3.25. The number of guanidine groups is 1. The van der Waals surface area contributed by atoms with Crippen molar-refractivity contribution in [3.05, 3.63) is 59.1 Å². The highest BCUT2D eigenvalue weighted by atomic mass is 127. The number of nitrogens with zero attached hydrogens (tertiary/aromatic N) is 2.